The number of anilines is 1. The monoisotopic (exact) mass is 539 g/mol. The molecule has 3 rings (SSSR count). The number of aliphatic hydroxyl groups is 2. The predicted octanol–water partition coefficient (Wildman–Crippen LogP) is 1.45. The maximum Gasteiger partial charge on any atom is 0.476 e. The first-order chi connectivity index (χ1) is 16.0. The highest BCUT2D eigenvalue weighted by Crippen LogP contribution is 2.63. The number of imidazole rings is 1. The molecule has 13 nitrogen and oxygen atoms in total. The third kappa shape index (κ3) is 6.31. The molecule has 2 aromatic heterocycles. The molecule has 0 spiro atoms. The molecular formula is C18H31N5O8P2S. The van der Waals surface area contributed by atoms with E-state index in [4.69, 9.17) is 31.1 Å². The maximum atomic E-state index is 12.7. The second-order valence-electron chi connectivity index (χ2n) is 8.14. The number of phosphoric acid groups is 1. The lowest BCUT2D eigenvalue weighted by Crippen LogP contribution is -2.33. The summed E-state index contributed by atoms with van der Waals surface area (Å²) >= 11 is 5.61. The van der Waals surface area contributed by atoms with E-state index < -0.39 is 50.8 Å². The van der Waals surface area contributed by atoms with E-state index in [1.807, 2.05) is 13.8 Å². The third-order valence-electron chi connectivity index (χ3n) is 5.42. The van der Waals surface area contributed by atoms with Crippen LogP contribution in [0.1, 0.15) is 45.8 Å². The number of rotatable bonds is 12. The number of aromatic amines is 1. The van der Waals surface area contributed by atoms with Crippen molar-refractivity contribution in [1.82, 2.24) is 19.5 Å². The van der Waals surface area contributed by atoms with Gasteiger partial charge in [-0.05, 0) is 25.2 Å². The lowest BCUT2D eigenvalue weighted by Gasteiger charge is -2.25. The Morgan fingerprint density at radius 1 is 1.26 bits per heavy atom. The summed E-state index contributed by atoms with van der Waals surface area (Å²) in [6, 6.07) is 0. The van der Waals surface area contributed by atoms with Crippen LogP contribution in [0.15, 0.2) is 11.1 Å². The summed E-state index contributed by atoms with van der Waals surface area (Å²) in [5.41, 5.74) is 5.03. The van der Waals surface area contributed by atoms with Crippen molar-refractivity contribution in [2.24, 2.45) is 0 Å². The van der Waals surface area contributed by atoms with Crippen LogP contribution in [-0.2, 0) is 29.9 Å². The standard InChI is InChI=1S/C18H31N5O8P2S/c1-3-5-7-32(34,8-6-4-2)31-33(27,28)29-9-11-13(24)14(25)17(30-11)23-10-20-12-15(23)21-18(19)22-16(12)26/h10-11,13-14,17,24-25H,3-9H2,1-2H3,(H,27,28)(H3,19,21,22,26)/t11-,13-,14-,17-/m1/s1. The van der Waals surface area contributed by atoms with Gasteiger partial charge < -0.3 is 25.6 Å². The molecule has 0 amide bonds. The second kappa shape index (κ2) is 11.2. The van der Waals surface area contributed by atoms with Crippen LogP contribution in [0.3, 0.4) is 0 Å². The summed E-state index contributed by atoms with van der Waals surface area (Å²) in [6.07, 6.45) is -2.30. The molecule has 192 valence electrons. The number of ether oxygens (including phenoxy) is 1. The minimum atomic E-state index is -4.55. The van der Waals surface area contributed by atoms with Crippen LogP contribution in [0.2, 0.25) is 0 Å². The molecule has 34 heavy (non-hydrogen) atoms. The van der Waals surface area contributed by atoms with Crippen molar-refractivity contribution in [1.29, 1.82) is 0 Å². The quantitative estimate of drug-likeness (QED) is 0.244. The zero-order valence-electron chi connectivity index (χ0n) is 18.9. The molecule has 5 atom stereocenters. The van der Waals surface area contributed by atoms with E-state index in [0.29, 0.717) is 12.3 Å². The van der Waals surface area contributed by atoms with Crippen molar-refractivity contribution in [3.63, 3.8) is 0 Å². The Bertz CT molecular complexity index is 1130. The van der Waals surface area contributed by atoms with Crippen molar-refractivity contribution in [2.75, 3.05) is 24.7 Å². The average molecular weight is 539 g/mol. The maximum absolute atomic E-state index is 12.7. The van der Waals surface area contributed by atoms with E-state index >= 15 is 0 Å². The summed E-state index contributed by atoms with van der Waals surface area (Å²) in [6.45, 7) is 3.46. The van der Waals surface area contributed by atoms with Gasteiger partial charge in [-0.25, -0.2) is 9.55 Å². The molecule has 3 heterocycles. The molecule has 1 aliphatic rings. The molecule has 1 unspecified atom stereocenters. The van der Waals surface area contributed by atoms with Gasteiger partial charge in [0, 0.05) is 0 Å². The Hall–Kier alpha value is -1.21. The second-order valence-corrected chi connectivity index (χ2v) is 14.5. The number of unbranched alkanes of at least 4 members (excludes halogenated alkanes) is 2. The molecular weight excluding hydrogens is 508 g/mol. The summed E-state index contributed by atoms with van der Waals surface area (Å²) < 4.78 is 30.2. The van der Waals surface area contributed by atoms with E-state index in [2.05, 4.69) is 15.0 Å². The number of nitrogens with zero attached hydrogens (tertiary/aromatic N) is 3. The first kappa shape index (κ1) is 27.4. The number of hydrogen-bond donors (Lipinski definition) is 5. The van der Waals surface area contributed by atoms with E-state index in [9.17, 15) is 24.5 Å². The topological polar surface area (TPSA) is 195 Å². The Morgan fingerprint density at radius 2 is 1.91 bits per heavy atom. The van der Waals surface area contributed by atoms with Crippen LogP contribution in [0, 0.1) is 0 Å². The first-order valence-electron chi connectivity index (χ1n) is 11.0. The molecule has 2 aromatic rings. The number of fused-ring (bicyclic) bond motifs is 1. The van der Waals surface area contributed by atoms with Gasteiger partial charge in [0.25, 0.3) is 5.56 Å². The average Bonchev–Trinajstić information content (AvgIpc) is 3.30. The Morgan fingerprint density at radius 3 is 2.53 bits per heavy atom. The largest absolute Gasteiger partial charge is 0.476 e. The Kier molecular flexibility index (Phi) is 9.05. The number of nitrogen functional groups attached to an aromatic ring is 1. The zero-order chi connectivity index (χ0) is 25.1. The SMILES string of the molecule is CCCCP(=S)(CCCC)OP(=O)(O)OC[C@H]1O[C@@H](n2cnc3c(=O)[nH]c(N)nc32)[C@H](O)[C@@H]1O. The fraction of sp³-hybridized carbons (Fsp3) is 0.722. The number of aromatic nitrogens is 4. The molecule has 0 aromatic carbocycles. The lowest BCUT2D eigenvalue weighted by molar-refractivity contribution is -0.0500. The molecule has 16 heteroatoms. The van der Waals surface area contributed by atoms with Gasteiger partial charge in [0.2, 0.25) is 5.95 Å². The molecule has 0 bridgehead atoms. The lowest BCUT2D eigenvalue weighted by atomic mass is 10.1. The van der Waals surface area contributed by atoms with Gasteiger partial charge in [-0.2, -0.15) is 4.98 Å². The minimum absolute atomic E-state index is 0.0302. The predicted molar refractivity (Wildman–Crippen MR) is 129 cm³/mol. The van der Waals surface area contributed by atoms with Crippen LogP contribution < -0.4 is 11.3 Å². The summed E-state index contributed by atoms with van der Waals surface area (Å²) in [4.78, 5) is 32.6. The number of hydrogen-bond acceptors (Lipinski definition) is 11. The number of nitrogens with two attached hydrogens (primary N) is 1. The van der Waals surface area contributed by atoms with Crippen molar-refractivity contribution < 1.29 is 33.2 Å². The molecule has 6 N–H and O–H groups in total. The van der Waals surface area contributed by atoms with Crippen LogP contribution >= 0.6 is 14.1 Å². The summed E-state index contributed by atoms with van der Waals surface area (Å²) in [5.74, 6) is -0.160. The highest BCUT2D eigenvalue weighted by Gasteiger charge is 2.45. The van der Waals surface area contributed by atoms with Gasteiger partial charge in [-0.15, -0.1) is 0 Å². The van der Waals surface area contributed by atoms with Crippen molar-refractivity contribution >= 4 is 43.0 Å². The van der Waals surface area contributed by atoms with E-state index in [1.54, 1.807) is 0 Å². The Balaban J connectivity index is 1.70. The summed E-state index contributed by atoms with van der Waals surface area (Å²) in [7, 11) is -4.55. The molecule has 1 saturated heterocycles. The van der Waals surface area contributed by atoms with Crippen LogP contribution in [0.25, 0.3) is 11.2 Å². The van der Waals surface area contributed by atoms with Gasteiger partial charge in [-0.1, -0.05) is 38.5 Å². The molecule has 0 aliphatic carbocycles. The smallest absolute Gasteiger partial charge is 0.387 e. The van der Waals surface area contributed by atoms with E-state index in [1.165, 1.54) is 10.9 Å². The van der Waals surface area contributed by atoms with E-state index in [-0.39, 0.29) is 17.1 Å². The van der Waals surface area contributed by atoms with E-state index in [0.717, 1.165) is 25.7 Å². The molecule has 0 saturated carbocycles. The summed E-state index contributed by atoms with van der Waals surface area (Å²) in [5, 5.41) is 21.0. The van der Waals surface area contributed by atoms with Crippen molar-refractivity contribution in [3.8, 4) is 0 Å². The normalized spacial score (nSPS) is 25.1. The minimum Gasteiger partial charge on any atom is -0.387 e. The van der Waals surface area contributed by atoms with Gasteiger partial charge in [0.15, 0.2) is 17.4 Å². The van der Waals surface area contributed by atoms with Crippen molar-refractivity contribution in [2.45, 2.75) is 64.1 Å². The number of H-pyrrole nitrogens is 1. The number of aliphatic hydroxyl groups excluding tert-OH is 2. The first-order valence-corrected chi connectivity index (χ1v) is 15.6. The van der Waals surface area contributed by atoms with Crippen LogP contribution in [-0.4, -0.2) is 71.9 Å². The molecule has 1 fully saturated rings. The highest BCUT2D eigenvalue weighted by atomic mass is 32.4. The molecule has 0 radical (unpaired) electrons. The van der Waals surface area contributed by atoms with Crippen molar-refractivity contribution in [3.05, 3.63) is 16.7 Å². The zero-order valence-corrected chi connectivity index (χ0v) is 21.5. The van der Waals surface area contributed by atoms with Crippen LogP contribution in [0.5, 0.6) is 0 Å². The third-order valence-corrected chi connectivity index (χ3v) is 11.6. The van der Waals surface area contributed by atoms with Crippen LogP contribution in [0.4, 0.5) is 5.95 Å². The number of phosphoric ester groups is 1. The fourth-order valence-corrected chi connectivity index (χ4v) is 9.63. The van der Waals surface area contributed by atoms with Gasteiger partial charge in [-0.3, -0.25) is 23.2 Å². The fourth-order valence-electron chi connectivity index (χ4n) is 3.60. The number of nitrogens with one attached hydrogen (secondary N) is 1. The molecule has 1 aliphatic heterocycles. The van der Waals surface area contributed by atoms with Gasteiger partial charge in [0.05, 0.1) is 19.2 Å². The Labute approximate surface area is 201 Å². The van der Waals surface area contributed by atoms with Gasteiger partial charge in [0.1, 0.15) is 18.3 Å². The highest BCUT2D eigenvalue weighted by molar-refractivity contribution is 8.13. The van der Waals surface area contributed by atoms with Gasteiger partial charge >= 0.3 is 7.82 Å².